The highest BCUT2D eigenvalue weighted by molar-refractivity contribution is 7.92. The number of carbonyl (C=O) groups excluding carboxylic acids is 1. The molecule has 20 heavy (non-hydrogen) atoms. The SMILES string of the molecule is CCN(c1ccc(C)cc1)S(=O)(=O)c1ccc(C=O)o1. The normalized spacial score (nSPS) is 11.3. The Bertz CT molecular complexity index is 701. The average Bonchev–Trinajstić information content (AvgIpc) is 2.91. The molecule has 0 fully saturated rings. The first-order valence-electron chi connectivity index (χ1n) is 6.13. The first-order valence-corrected chi connectivity index (χ1v) is 7.57. The van der Waals surface area contributed by atoms with Crippen molar-refractivity contribution in [2.75, 3.05) is 10.8 Å². The van der Waals surface area contributed by atoms with E-state index in [-0.39, 0.29) is 17.4 Å². The Hall–Kier alpha value is -2.08. The third-order valence-corrected chi connectivity index (χ3v) is 4.65. The molecule has 6 heteroatoms. The Labute approximate surface area is 117 Å². The number of furan rings is 1. The highest BCUT2D eigenvalue weighted by Gasteiger charge is 2.26. The predicted octanol–water partition coefficient (Wildman–Crippen LogP) is 2.62. The largest absolute Gasteiger partial charge is 0.440 e. The van der Waals surface area contributed by atoms with Crippen molar-refractivity contribution in [1.82, 2.24) is 0 Å². The molecule has 1 aromatic heterocycles. The number of sulfonamides is 1. The van der Waals surface area contributed by atoms with Crippen LogP contribution in [-0.4, -0.2) is 21.2 Å². The minimum Gasteiger partial charge on any atom is -0.440 e. The van der Waals surface area contributed by atoms with Crippen molar-refractivity contribution in [3.63, 3.8) is 0 Å². The van der Waals surface area contributed by atoms with Crippen LogP contribution in [0.4, 0.5) is 5.69 Å². The second-order valence-electron chi connectivity index (χ2n) is 4.28. The molecule has 1 heterocycles. The van der Waals surface area contributed by atoms with Crippen molar-refractivity contribution in [3.8, 4) is 0 Å². The molecule has 0 aliphatic rings. The molecule has 0 amide bonds. The van der Waals surface area contributed by atoms with Crippen molar-refractivity contribution >= 4 is 22.0 Å². The molecular weight excluding hydrogens is 278 g/mol. The molecule has 2 aromatic rings. The molecule has 0 atom stereocenters. The topological polar surface area (TPSA) is 67.6 Å². The van der Waals surface area contributed by atoms with Crippen LogP contribution in [0.2, 0.25) is 0 Å². The first-order chi connectivity index (χ1) is 9.48. The second-order valence-corrected chi connectivity index (χ2v) is 6.07. The summed E-state index contributed by atoms with van der Waals surface area (Å²) in [6, 6.07) is 9.78. The van der Waals surface area contributed by atoms with Crippen LogP contribution in [0.25, 0.3) is 0 Å². The number of carbonyl (C=O) groups is 1. The minimum atomic E-state index is -3.80. The molecule has 5 nitrogen and oxygen atoms in total. The summed E-state index contributed by atoms with van der Waals surface area (Å²) >= 11 is 0. The van der Waals surface area contributed by atoms with Gasteiger partial charge in [-0.1, -0.05) is 17.7 Å². The first kappa shape index (κ1) is 14.3. The van der Waals surface area contributed by atoms with E-state index in [0.717, 1.165) is 5.56 Å². The molecule has 0 N–H and O–H groups in total. The molecule has 0 saturated heterocycles. The lowest BCUT2D eigenvalue weighted by molar-refractivity contribution is 0.109. The lowest BCUT2D eigenvalue weighted by Crippen LogP contribution is -2.30. The second kappa shape index (κ2) is 5.50. The van der Waals surface area contributed by atoms with Gasteiger partial charge in [-0.25, -0.2) is 0 Å². The zero-order chi connectivity index (χ0) is 14.8. The van der Waals surface area contributed by atoms with Crippen molar-refractivity contribution in [3.05, 3.63) is 47.7 Å². The number of benzene rings is 1. The zero-order valence-corrected chi connectivity index (χ0v) is 12.1. The van der Waals surface area contributed by atoms with Crippen molar-refractivity contribution in [2.45, 2.75) is 18.9 Å². The van der Waals surface area contributed by atoms with Gasteiger partial charge in [-0.15, -0.1) is 0 Å². The Morgan fingerprint density at radius 3 is 2.30 bits per heavy atom. The van der Waals surface area contributed by atoms with E-state index in [1.807, 2.05) is 19.1 Å². The summed E-state index contributed by atoms with van der Waals surface area (Å²) in [5.41, 5.74) is 1.60. The molecule has 0 unspecified atom stereocenters. The predicted molar refractivity (Wildman–Crippen MR) is 75.5 cm³/mol. The number of rotatable bonds is 5. The standard InChI is InChI=1S/C14H15NO4S/c1-3-15(12-6-4-11(2)5-7-12)20(17,18)14-9-8-13(10-16)19-14/h4-10H,3H2,1-2H3. The monoisotopic (exact) mass is 293 g/mol. The number of aryl methyl sites for hydroxylation is 1. The van der Waals surface area contributed by atoms with Gasteiger partial charge in [0.2, 0.25) is 5.09 Å². The van der Waals surface area contributed by atoms with Gasteiger partial charge in [-0.3, -0.25) is 9.10 Å². The molecule has 0 aliphatic heterocycles. The van der Waals surface area contributed by atoms with Crippen LogP contribution in [0.15, 0.2) is 45.9 Å². The number of hydrogen-bond donors (Lipinski definition) is 0. The number of anilines is 1. The lowest BCUT2D eigenvalue weighted by atomic mass is 10.2. The Morgan fingerprint density at radius 2 is 1.80 bits per heavy atom. The van der Waals surface area contributed by atoms with Gasteiger partial charge >= 0.3 is 0 Å². The molecule has 0 bridgehead atoms. The Morgan fingerprint density at radius 1 is 1.15 bits per heavy atom. The maximum absolute atomic E-state index is 12.5. The fourth-order valence-electron chi connectivity index (χ4n) is 1.85. The quantitative estimate of drug-likeness (QED) is 0.795. The highest BCUT2D eigenvalue weighted by Crippen LogP contribution is 2.24. The Balaban J connectivity index is 2.44. The summed E-state index contributed by atoms with van der Waals surface area (Å²) in [5, 5.41) is -0.234. The molecule has 0 aliphatic carbocycles. The Kier molecular flexibility index (Phi) is 3.94. The van der Waals surface area contributed by atoms with Crippen LogP contribution in [0, 0.1) is 6.92 Å². The van der Waals surface area contributed by atoms with Crippen molar-refractivity contribution in [2.24, 2.45) is 0 Å². The van der Waals surface area contributed by atoms with E-state index in [9.17, 15) is 13.2 Å². The van der Waals surface area contributed by atoms with Gasteiger partial charge < -0.3 is 4.42 Å². The third-order valence-electron chi connectivity index (χ3n) is 2.87. The molecule has 1 aromatic carbocycles. The van der Waals surface area contributed by atoms with Gasteiger partial charge in [-0.05, 0) is 38.1 Å². The molecule has 0 saturated carbocycles. The lowest BCUT2D eigenvalue weighted by Gasteiger charge is -2.21. The fourth-order valence-corrected chi connectivity index (χ4v) is 3.25. The summed E-state index contributed by atoms with van der Waals surface area (Å²) < 4.78 is 31.3. The van der Waals surface area contributed by atoms with Gasteiger partial charge in [0.15, 0.2) is 12.0 Å². The summed E-state index contributed by atoms with van der Waals surface area (Å²) in [6.07, 6.45) is 0.473. The van der Waals surface area contributed by atoms with Gasteiger partial charge in [0.25, 0.3) is 10.0 Å². The summed E-state index contributed by atoms with van der Waals surface area (Å²) in [7, 11) is -3.80. The average molecular weight is 293 g/mol. The number of hydrogen-bond acceptors (Lipinski definition) is 4. The summed E-state index contributed by atoms with van der Waals surface area (Å²) in [6.45, 7) is 3.93. The highest BCUT2D eigenvalue weighted by atomic mass is 32.2. The molecule has 0 spiro atoms. The van der Waals surface area contributed by atoms with E-state index in [1.165, 1.54) is 16.4 Å². The zero-order valence-electron chi connectivity index (χ0n) is 11.2. The summed E-state index contributed by atoms with van der Waals surface area (Å²) in [4.78, 5) is 10.6. The molecule has 2 rings (SSSR count). The van der Waals surface area contributed by atoms with E-state index in [0.29, 0.717) is 12.0 Å². The van der Waals surface area contributed by atoms with Gasteiger partial charge in [0.05, 0.1) is 5.69 Å². The molecule has 106 valence electrons. The van der Waals surface area contributed by atoms with Crippen LogP contribution in [0.5, 0.6) is 0 Å². The van der Waals surface area contributed by atoms with Crippen LogP contribution < -0.4 is 4.31 Å². The summed E-state index contributed by atoms with van der Waals surface area (Å²) in [5.74, 6) is -0.0106. The van der Waals surface area contributed by atoms with E-state index in [1.54, 1.807) is 19.1 Å². The van der Waals surface area contributed by atoms with Crippen LogP contribution in [-0.2, 0) is 10.0 Å². The maximum Gasteiger partial charge on any atom is 0.297 e. The van der Waals surface area contributed by atoms with E-state index in [2.05, 4.69) is 0 Å². The number of nitrogens with zero attached hydrogens (tertiary/aromatic N) is 1. The smallest absolute Gasteiger partial charge is 0.297 e. The maximum atomic E-state index is 12.5. The van der Waals surface area contributed by atoms with E-state index in [4.69, 9.17) is 4.42 Å². The van der Waals surface area contributed by atoms with Crippen molar-refractivity contribution in [1.29, 1.82) is 0 Å². The van der Waals surface area contributed by atoms with Gasteiger partial charge in [-0.2, -0.15) is 8.42 Å². The van der Waals surface area contributed by atoms with Gasteiger partial charge in [0, 0.05) is 6.54 Å². The van der Waals surface area contributed by atoms with Crippen LogP contribution >= 0.6 is 0 Å². The fraction of sp³-hybridized carbons (Fsp3) is 0.214. The molecule has 0 radical (unpaired) electrons. The third kappa shape index (κ3) is 2.60. The van der Waals surface area contributed by atoms with E-state index >= 15 is 0 Å². The molecular formula is C14H15NO4S. The van der Waals surface area contributed by atoms with Gasteiger partial charge in [0.1, 0.15) is 0 Å². The van der Waals surface area contributed by atoms with E-state index < -0.39 is 10.0 Å². The number of aldehydes is 1. The van der Waals surface area contributed by atoms with Crippen LogP contribution in [0.1, 0.15) is 23.0 Å². The van der Waals surface area contributed by atoms with Crippen LogP contribution in [0.3, 0.4) is 0 Å². The van der Waals surface area contributed by atoms with Crippen molar-refractivity contribution < 1.29 is 17.6 Å². The minimum absolute atomic E-state index is 0.0106.